The van der Waals surface area contributed by atoms with Gasteiger partial charge < -0.3 is 10.6 Å². The molecule has 0 fully saturated rings. The molecule has 2 aromatic carbocycles. The van der Waals surface area contributed by atoms with Gasteiger partial charge in [0.15, 0.2) is 0 Å². The van der Waals surface area contributed by atoms with E-state index in [1.165, 1.54) is 5.56 Å². The first-order chi connectivity index (χ1) is 9.66. The molecular formula is C17H18N2O. The molecule has 2 N–H and O–H groups in total. The highest BCUT2D eigenvalue weighted by Crippen LogP contribution is 2.35. The van der Waals surface area contributed by atoms with Gasteiger partial charge in [-0.25, -0.2) is 0 Å². The van der Waals surface area contributed by atoms with E-state index in [2.05, 4.69) is 12.1 Å². The van der Waals surface area contributed by atoms with Crippen LogP contribution < -0.4 is 10.6 Å². The molecule has 3 heteroatoms. The Morgan fingerprint density at radius 2 is 1.90 bits per heavy atom. The summed E-state index contributed by atoms with van der Waals surface area (Å²) < 4.78 is 0. The fourth-order valence-electron chi connectivity index (χ4n) is 2.70. The van der Waals surface area contributed by atoms with Gasteiger partial charge in [-0.2, -0.15) is 0 Å². The Morgan fingerprint density at radius 3 is 2.65 bits per heavy atom. The van der Waals surface area contributed by atoms with E-state index in [0.717, 1.165) is 23.2 Å². The molecule has 0 saturated heterocycles. The molecule has 0 saturated carbocycles. The highest BCUT2D eigenvalue weighted by molar-refractivity contribution is 6.04. The SMILES string of the molecule is Cc1ccc2c(c1)C(N)C(=O)N2CCc1ccccc1. The molecule has 102 valence electrons. The third-order valence-corrected chi connectivity index (χ3v) is 3.81. The lowest BCUT2D eigenvalue weighted by Gasteiger charge is -2.17. The van der Waals surface area contributed by atoms with E-state index < -0.39 is 6.04 Å². The molecule has 0 bridgehead atoms. The van der Waals surface area contributed by atoms with E-state index in [1.807, 2.05) is 48.2 Å². The average Bonchev–Trinajstić information content (AvgIpc) is 2.70. The number of anilines is 1. The molecule has 0 radical (unpaired) electrons. The normalized spacial score (nSPS) is 17.4. The van der Waals surface area contributed by atoms with Crippen LogP contribution in [0.2, 0.25) is 0 Å². The number of aryl methyl sites for hydroxylation is 1. The summed E-state index contributed by atoms with van der Waals surface area (Å²) in [6.45, 7) is 2.69. The third-order valence-electron chi connectivity index (χ3n) is 3.81. The van der Waals surface area contributed by atoms with Gasteiger partial charge in [-0.3, -0.25) is 4.79 Å². The van der Waals surface area contributed by atoms with Gasteiger partial charge in [0, 0.05) is 17.8 Å². The molecule has 0 spiro atoms. The molecule has 1 heterocycles. The lowest BCUT2D eigenvalue weighted by atomic mass is 10.1. The standard InChI is InChI=1S/C17H18N2O/c1-12-7-8-15-14(11-12)16(18)17(20)19(15)10-9-13-5-3-2-4-6-13/h2-8,11,16H,9-10,18H2,1H3. The van der Waals surface area contributed by atoms with Gasteiger partial charge in [0.25, 0.3) is 0 Å². The second-order valence-electron chi connectivity index (χ2n) is 5.27. The van der Waals surface area contributed by atoms with Crippen molar-refractivity contribution in [3.8, 4) is 0 Å². The van der Waals surface area contributed by atoms with Crippen molar-refractivity contribution in [3.63, 3.8) is 0 Å². The van der Waals surface area contributed by atoms with Crippen LogP contribution in [0.4, 0.5) is 5.69 Å². The number of nitrogens with two attached hydrogens (primary N) is 1. The quantitative estimate of drug-likeness (QED) is 0.928. The lowest BCUT2D eigenvalue weighted by Crippen LogP contribution is -2.33. The Bertz CT molecular complexity index is 637. The molecule has 20 heavy (non-hydrogen) atoms. The molecule has 1 atom stereocenters. The Labute approximate surface area is 119 Å². The lowest BCUT2D eigenvalue weighted by molar-refractivity contribution is -0.119. The van der Waals surface area contributed by atoms with Crippen molar-refractivity contribution in [2.24, 2.45) is 5.73 Å². The summed E-state index contributed by atoms with van der Waals surface area (Å²) in [6, 6.07) is 15.7. The summed E-state index contributed by atoms with van der Waals surface area (Å²) in [5.41, 5.74) is 10.3. The van der Waals surface area contributed by atoms with Crippen LogP contribution in [0.5, 0.6) is 0 Å². The van der Waals surface area contributed by atoms with Gasteiger partial charge >= 0.3 is 0 Å². The molecule has 1 aliphatic heterocycles. The predicted octanol–water partition coefficient (Wildman–Crippen LogP) is 2.58. The maximum Gasteiger partial charge on any atom is 0.248 e. The van der Waals surface area contributed by atoms with Gasteiger partial charge in [-0.1, -0.05) is 48.0 Å². The number of amides is 1. The fraction of sp³-hybridized carbons (Fsp3) is 0.235. The van der Waals surface area contributed by atoms with Crippen LogP contribution in [0.15, 0.2) is 48.5 Å². The highest BCUT2D eigenvalue weighted by Gasteiger charge is 2.34. The molecule has 1 amide bonds. The Morgan fingerprint density at radius 1 is 1.15 bits per heavy atom. The van der Waals surface area contributed by atoms with E-state index in [0.29, 0.717) is 6.54 Å². The van der Waals surface area contributed by atoms with Crippen LogP contribution in [0.1, 0.15) is 22.7 Å². The highest BCUT2D eigenvalue weighted by atomic mass is 16.2. The van der Waals surface area contributed by atoms with Crippen LogP contribution >= 0.6 is 0 Å². The van der Waals surface area contributed by atoms with Crippen LogP contribution in [-0.4, -0.2) is 12.5 Å². The van der Waals surface area contributed by atoms with Crippen molar-refractivity contribution in [2.45, 2.75) is 19.4 Å². The van der Waals surface area contributed by atoms with Crippen LogP contribution in [0.3, 0.4) is 0 Å². The van der Waals surface area contributed by atoms with Gasteiger partial charge in [0.1, 0.15) is 6.04 Å². The number of benzene rings is 2. The Hall–Kier alpha value is -2.13. The molecule has 1 aliphatic rings. The third kappa shape index (κ3) is 2.21. The van der Waals surface area contributed by atoms with Gasteiger partial charge in [0.2, 0.25) is 5.91 Å². The molecule has 0 aromatic heterocycles. The first-order valence-corrected chi connectivity index (χ1v) is 6.88. The minimum atomic E-state index is -0.513. The maximum absolute atomic E-state index is 12.3. The molecule has 2 aromatic rings. The van der Waals surface area contributed by atoms with Crippen molar-refractivity contribution in [2.75, 3.05) is 11.4 Å². The van der Waals surface area contributed by atoms with Crippen molar-refractivity contribution in [3.05, 3.63) is 65.2 Å². The molecule has 1 unspecified atom stereocenters. The second-order valence-corrected chi connectivity index (χ2v) is 5.27. The molecular weight excluding hydrogens is 248 g/mol. The zero-order valence-electron chi connectivity index (χ0n) is 11.5. The number of carbonyl (C=O) groups is 1. The molecule has 3 nitrogen and oxygen atoms in total. The fourth-order valence-corrected chi connectivity index (χ4v) is 2.70. The second kappa shape index (κ2) is 5.10. The van der Waals surface area contributed by atoms with Gasteiger partial charge in [-0.15, -0.1) is 0 Å². The van der Waals surface area contributed by atoms with Crippen LogP contribution in [0.25, 0.3) is 0 Å². The average molecular weight is 266 g/mol. The first kappa shape index (κ1) is 12.9. The number of fused-ring (bicyclic) bond motifs is 1. The number of hydrogen-bond acceptors (Lipinski definition) is 2. The minimum absolute atomic E-state index is 0.00142. The summed E-state index contributed by atoms with van der Waals surface area (Å²) in [4.78, 5) is 14.1. The number of carbonyl (C=O) groups excluding carboxylic acids is 1. The summed E-state index contributed by atoms with van der Waals surface area (Å²) in [6.07, 6.45) is 0.840. The van der Waals surface area contributed by atoms with Crippen molar-refractivity contribution < 1.29 is 4.79 Å². The van der Waals surface area contributed by atoms with E-state index in [9.17, 15) is 4.79 Å². The van der Waals surface area contributed by atoms with Gasteiger partial charge in [-0.05, 0) is 25.0 Å². The minimum Gasteiger partial charge on any atom is -0.316 e. The zero-order valence-corrected chi connectivity index (χ0v) is 11.5. The summed E-state index contributed by atoms with van der Waals surface area (Å²) >= 11 is 0. The Balaban J connectivity index is 1.83. The monoisotopic (exact) mass is 266 g/mol. The Kier molecular flexibility index (Phi) is 3.28. The van der Waals surface area contributed by atoms with E-state index >= 15 is 0 Å². The summed E-state index contributed by atoms with van der Waals surface area (Å²) in [5, 5.41) is 0. The van der Waals surface area contributed by atoms with Crippen LogP contribution in [-0.2, 0) is 11.2 Å². The molecule has 0 aliphatic carbocycles. The topological polar surface area (TPSA) is 46.3 Å². The van der Waals surface area contributed by atoms with E-state index in [1.54, 1.807) is 0 Å². The van der Waals surface area contributed by atoms with Crippen molar-refractivity contribution in [1.29, 1.82) is 0 Å². The first-order valence-electron chi connectivity index (χ1n) is 6.88. The summed E-state index contributed by atoms with van der Waals surface area (Å²) in [5.74, 6) is 0.00142. The van der Waals surface area contributed by atoms with E-state index in [-0.39, 0.29) is 5.91 Å². The zero-order chi connectivity index (χ0) is 14.1. The number of rotatable bonds is 3. The smallest absolute Gasteiger partial charge is 0.248 e. The predicted molar refractivity (Wildman–Crippen MR) is 80.6 cm³/mol. The van der Waals surface area contributed by atoms with E-state index in [4.69, 9.17) is 5.73 Å². The maximum atomic E-state index is 12.3. The van der Waals surface area contributed by atoms with Gasteiger partial charge in [0.05, 0.1) is 0 Å². The van der Waals surface area contributed by atoms with Crippen molar-refractivity contribution in [1.82, 2.24) is 0 Å². The number of hydrogen-bond donors (Lipinski definition) is 1. The van der Waals surface area contributed by atoms with Crippen molar-refractivity contribution >= 4 is 11.6 Å². The van der Waals surface area contributed by atoms with Crippen LogP contribution in [0, 0.1) is 6.92 Å². The number of nitrogens with zero attached hydrogens (tertiary/aromatic N) is 1. The largest absolute Gasteiger partial charge is 0.316 e. The summed E-state index contributed by atoms with van der Waals surface area (Å²) in [7, 11) is 0. The molecule has 3 rings (SSSR count).